The highest BCUT2D eigenvalue weighted by molar-refractivity contribution is 6.44. The Morgan fingerprint density at radius 2 is 1.64 bits per heavy atom. The second-order valence-corrected chi connectivity index (χ2v) is 5.06. The number of methoxy groups -OCH3 is 2. The van der Waals surface area contributed by atoms with Crippen LogP contribution >= 0.6 is 0 Å². The van der Waals surface area contributed by atoms with E-state index in [1.165, 1.54) is 14.2 Å². The van der Waals surface area contributed by atoms with Gasteiger partial charge in [0.25, 0.3) is 0 Å². The average molecular weight is 350 g/mol. The Morgan fingerprint density at radius 1 is 1.00 bits per heavy atom. The highest BCUT2D eigenvalue weighted by Crippen LogP contribution is 2.28. The molecule has 1 heterocycles. The van der Waals surface area contributed by atoms with Crippen LogP contribution < -0.4 is 9.47 Å². The molecule has 9 heteroatoms. The predicted octanol–water partition coefficient (Wildman–Crippen LogP) is 0.558. The topological polar surface area (TPSA) is 102 Å². The maximum atomic E-state index is 12.3. The van der Waals surface area contributed by atoms with E-state index in [9.17, 15) is 19.2 Å². The van der Waals surface area contributed by atoms with Gasteiger partial charge in [0.1, 0.15) is 6.54 Å². The molecule has 2 rings (SSSR count). The zero-order valence-corrected chi connectivity index (χ0v) is 14.1. The van der Waals surface area contributed by atoms with Gasteiger partial charge in [-0.25, -0.2) is 9.69 Å². The van der Waals surface area contributed by atoms with E-state index in [1.54, 1.807) is 25.1 Å². The average Bonchev–Trinajstić information content (AvgIpc) is 2.80. The lowest BCUT2D eigenvalue weighted by Gasteiger charge is -2.16. The van der Waals surface area contributed by atoms with Crippen molar-refractivity contribution in [1.82, 2.24) is 9.80 Å². The molecule has 1 saturated heterocycles. The highest BCUT2D eigenvalue weighted by Gasteiger charge is 2.45. The van der Waals surface area contributed by atoms with Crippen molar-refractivity contribution in [3.05, 3.63) is 23.8 Å². The molecule has 0 aliphatic carbocycles. The molecule has 0 bridgehead atoms. The fourth-order valence-corrected chi connectivity index (χ4v) is 2.33. The van der Waals surface area contributed by atoms with Gasteiger partial charge in [-0.2, -0.15) is 0 Å². The molecule has 1 aromatic rings. The number of ether oxygens (including phenoxy) is 3. The van der Waals surface area contributed by atoms with Crippen LogP contribution in [-0.4, -0.2) is 61.0 Å². The number of imide groups is 2. The molecule has 0 N–H and O–H groups in total. The van der Waals surface area contributed by atoms with E-state index in [0.29, 0.717) is 22.0 Å². The predicted molar refractivity (Wildman–Crippen MR) is 83.8 cm³/mol. The van der Waals surface area contributed by atoms with Crippen molar-refractivity contribution in [2.24, 2.45) is 0 Å². The fraction of sp³-hybridized carbons (Fsp3) is 0.375. The zero-order valence-electron chi connectivity index (χ0n) is 14.1. The third-order valence-corrected chi connectivity index (χ3v) is 3.52. The summed E-state index contributed by atoms with van der Waals surface area (Å²) in [5.74, 6) is -1.90. The molecule has 1 aliphatic heterocycles. The van der Waals surface area contributed by atoms with Gasteiger partial charge in [-0.1, -0.05) is 6.07 Å². The molecule has 1 aromatic carbocycles. The molecule has 0 spiro atoms. The van der Waals surface area contributed by atoms with Crippen molar-refractivity contribution in [2.45, 2.75) is 13.5 Å². The smallest absolute Gasteiger partial charge is 0.335 e. The largest absolute Gasteiger partial charge is 0.493 e. The van der Waals surface area contributed by atoms with Crippen molar-refractivity contribution in [2.75, 3.05) is 27.4 Å². The second-order valence-electron chi connectivity index (χ2n) is 5.06. The van der Waals surface area contributed by atoms with Crippen LogP contribution in [0.4, 0.5) is 4.79 Å². The Bertz CT molecular complexity index is 716. The molecule has 0 aromatic heterocycles. The lowest BCUT2D eigenvalue weighted by molar-refractivity contribution is -0.148. The Balaban J connectivity index is 2.17. The molecule has 0 unspecified atom stereocenters. The van der Waals surface area contributed by atoms with Crippen LogP contribution in [-0.2, 0) is 25.7 Å². The minimum atomic E-state index is -1.06. The van der Waals surface area contributed by atoms with Crippen LogP contribution in [0, 0.1) is 0 Å². The first-order valence-corrected chi connectivity index (χ1v) is 7.46. The van der Waals surface area contributed by atoms with Gasteiger partial charge >= 0.3 is 23.8 Å². The maximum absolute atomic E-state index is 12.3. The van der Waals surface area contributed by atoms with Gasteiger partial charge in [-0.05, 0) is 24.6 Å². The summed E-state index contributed by atoms with van der Waals surface area (Å²) >= 11 is 0. The molecule has 0 radical (unpaired) electrons. The molecule has 4 amide bonds. The lowest BCUT2D eigenvalue weighted by Crippen LogP contribution is -2.37. The van der Waals surface area contributed by atoms with Gasteiger partial charge < -0.3 is 14.2 Å². The number of hydrogen-bond acceptors (Lipinski definition) is 7. The fourth-order valence-electron chi connectivity index (χ4n) is 2.33. The van der Waals surface area contributed by atoms with E-state index in [-0.39, 0.29) is 13.2 Å². The van der Waals surface area contributed by atoms with Gasteiger partial charge in [0.05, 0.1) is 27.4 Å². The Kier molecular flexibility index (Phi) is 5.58. The van der Waals surface area contributed by atoms with E-state index in [0.717, 1.165) is 4.90 Å². The monoisotopic (exact) mass is 350 g/mol. The van der Waals surface area contributed by atoms with Gasteiger partial charge in [-0.15, -0.1) is 0 Å². The second kappa shape index (κ2) is 7.65. The van der Waals surface area contributed by atoms with E-state index in [1.807, 2.05) is 0 Å². The van der Waals surface area contributed by atoms with E-state index < -0.39 is 30.4 Å². The molecule has 9 nitrogen and oxygen atoms in total. The Morgan fingerprint density at radius 3 is 2.24 bits per heavy atom. The number of benzene rings is 1. The third-order valence-electron chi connectivity index (χ3n) is 3.52. The molecule has 0 saturated carbocycles. The van der Waals surface area contributed by atoms with Crippen LogP contribution in [0.1, 0.15) is 12.5 Å². The number of hydrogen-bond donors (Lipinski definition) is 0. The number of nitrogens with zero attached hydrogens (tertiary/aromatic N) is 2. The number of rotatable bonds is 7. The quantitative estimate of drug-likeness (QED) is 0.402. The normalized spacial score (nSPS) is 14.1. The minimum absolute atomic E-state index is 0.109. The summed E-state index contributed by atoms with van der Waals surface area (Å²) in [4.78, 5) is 49.1. The highest BCUT2D eigenvalue weighted by atomic mass is 16.5. The summed E-state index contributed by atoms with van der Waals surface area (Å²) in [6.07, 6.45) is 0. The van der Waals surface area contributed by atoms with Crippen molar-refractivity contribution in [1.29, 1.82) is 0 Å². The van der Waals surface area contributed by atoms with Crippen molar-refractivity contribution < 1.29 is 33.4 Å². The van der Waals surface area contributed by atoms with Crippen LogP contribution in [0.3, 0.4) is 0 Å². The molecule has 0 atom stereocenters. The first kappa shape index (κ1) is 18.2. The summed E-state index contributed by atoms with van der Waals surface area (Å²) in [5, 5.41) is 0. The summed E-state index contributed by atoms with van der Waals surface area (Å²) in [7, 11) is 2.94. The number of carbonyl (C=O) groups is 4. The number of carbonyl (C=O) groups excluding carboxylic acids is 4. The summed E-state index contributed by atoms with van der Waals surface area (Å²) in [6, 6.07) is 3.99. The van der Waals surface area contributed by atoms with Crippen LogP contribution in [0.5, 0.6) is 11.5 Å². The molecule has 25 heavy (non-hydrogen) atoms. The van der Waals surface area contributed by atoms with Crippen LogP contribution in [0.15, 0.2) is 18.2 Å². The van der Waals surface area contributed by atoms with Gasteiger partial charge in [0.2, 0.25) is 0 Å². The maximum Gasteiger partial charge on any atom is 0.335 e. The van der Waals surface area contributed by atoms with E-state index >= 15 is 0 Å². The Hall–Kier alpha value is -3.10. The first-order chi connectivity index (χ1) is 11.9. The standard InChI is InChI=1S/C16H18N2O7/c1-4-25-13(19)9-18-15(21)14(20)17(16(18)22)8-10-5-6-11(23-2)12(7-10)24-3/h5-7H,4,8-9H2,1-3H3. The lowest BCUT2D eigenvalue weighted by atomic mass is 10.2. The molecular weight excluding hydrogens is 332 g/mol. The third kappa shape index (κ3) is 3.70. The summed E-state index contributed by atoms with van der Waals surface area (Å²) in [5.41, 5.74) is 0.560. The Labute approximate surface area is 144 Å². The van der Waals surface area contributed by atoms with Crippen molar-refractivity contribution in [3.63, 3.8) is 0 Å². The minimum Gasteiger partial charge on any atom is -0.493 e. The van der Waals surface area contributed by atoms with Crippen LogP contribution in [0.2, 0.25) is 0 Å². The SMILES string of the molecule is CCOC(=O)CN1C(=O)C(=O)N(Cc2ccc(OC)c(OC)c2)C1=O. The van der Waals surface area contributed by atoms with Gasteiger partial charge in [-0.3, -0.25) is 19.3 Å². The van der Waals surface area contributed by atoms with E-state index in [2.05, 4.69) is 0 Å². The van der Waals surface area contributed by atoms with Gasteiger partial charge in [0, 0.05) is 0 Å². The van der Waals surface area contributed by atoms with Crippen molar-refractivity contribution >= 4 is 23.8 Å². The molecule has 134 valence electrons. The first-order valence-electron chi connectivity index (χ1n) is 7.46. The molecule has 1 fully saturated rings. The van der Waals surface area contributed by atoms with Crippen LogP contribution in [0.25, 0.3) is 0 Å². The van der Waals surface area contributed by atoms with Crippen molar-refractivity contribution in [3.8, 4) is 11.5 Å². The molecule has 1 aliphatic rings. The zero-order chi connectivity index (χ0) is 18.6. The number of amides is 4. The summed E-state index contributed by atoms with van der Waals surface area (Å²) < 4.78 is 15.0. The van der Waals surface area contributed by atoms with Gasteiger partial charge in [0.15, 0.2) is 11.5 Å². The van der Waals surface area contributed by atoms with E-state index in [4.69, 9.17) is 14.2 Å². The number of esters is 1. The summed E-state index contributed by atoms with van der Waals surface area (Å²) in [6.45, 7) is 0.973. The molecular formula is C16H18N2O7. The number of urea groups is 1.